The van der Waals surface area contributed by atoms with Crippen LogP contribution in [0.5, 0.6) is 0 Å². The number of rotatable bonds is 10. The van der Waals surface area contributed by atoms with Crippen molar-refractivity contribution < 1.29 is 0 Å². The Morgan fingerprint density at radius 3 is 1.59 bits per heavy atom. The molecule has 0 aliphatic rings. The summed E-state index contributed by atoms with van der Waals surface area (Å²) in [5, 5.41) is 0. The van der Waals surface area contributed by atoms with Crippen LogP contribution < -0.4 is 0 Å². The number of halogens is 2. The Hall–Kier alpha value is -0.0400. The molecule has 2 unspecified atom stereocenters. The van der Waals surface area contributed by atoms with E-state index in [9.17, 15) is 0 Å². The molecular formula is C13H24Cl2N2. The van der Waals surface area contributed by atoms with E-state index in [1.165, 1.54) is 25.7 Å². The molecule has 100 valence electrons. The minimum Gasteiger partial charge on any atom is -0.206 e. The van der Waals surface area contributed by atoms with Crippen molar-refractivity contribution >= 4 is 29.2 Å². The van der Waals surface area contributed by atoms with E-state index in [1.54, 1.807) is 0 Å². The minimum atomic E-state index is -0.204. The summed E-state index contributed by atoms with van der Waals surface area (Å²) in [4.78, 5) is 8.06. The van der Waals surface area contributed by atoms with Crippen molar-refractivity contribution in [3.05, 3.63) is 0 Å². The van der Waals surface area contributed by atoms with Gasteiger partial charge < -0.3 is 0 Å². The van der Waals surface area contributed by atoms with Crippen molar-refractivity contribution in [2.75, 3.05) is 0 Å². The summed E-state index contributed by atoms with van der Waals surface area (Å²) < 4.78 is 0. The smallest absolute Gasteiger partial charge is 0.134 e. The van der Waals surface area contributed by atoms with Crippen LogP contribution in [0, 0.1) is 0 Å². The van der Waals surface area contributed by atoms with Gasteiger partial charge >= 0.3 is 0 Å². The van der Waals surface area contributed by atoms with Crippen molar-refractivity contribution in [2.24, 2.45) is 9.98 Å². The van der Waals surface area contributed by atoms with E-state index in [1.807, 2.05) is 0 Å². The average molecular weight is 279 g/mol. The Bertz CT molecular complexity index is 205. The fourth-order valence-corrected chi connectivity index (χ4v) is 1.81. The van der Waals surface area contributed by atoms with E-state index < -0.39 is 0 Å². The highest BCUT2D eigenvalue weighted by Gasteiger charge is 2.01. The Morgan fingerprint density at radius 2 is 1.24 bits per heavy atom. The van der Waals surface area contributed by atoms with Crippen molar-refractivity contribution in [3.8, 4) is 0 Å². The fraction of sp³-hybridized carbons (Fsp3) is 0.923. The molecule has 0 N–H and O–H groups in total. The first kappa shape index (κ1) is 17.0. The van der Waals surface area contributed by atoms with Gasteiger partial charge in [0.15, 0.2) is 0 Å². The molecule has 2 nitrogen and oxygen atoms in total. The zero-order valence-electron chi connectivity index (χ0n) is 11.0. The van der Waals surface area contributed by atoms with E-state index in [2.05, 4.69) is 29.8 Å². The third kappa shape index (κ3) is 12.2. The van der Waals surface area contributed by atoms with Gasteiger partial charge in [-0.25, -0.2) is 9.98 Å². The topological polar surface area (TPSA) is 24.7 Å². The zero-order chi connectivity index (χ0) is 12.9. The summed E-state index contributed by atoms with van der Waals surface area (Å²) >= 11 is 12.0. The van der Waals surface area contributed by atoms with Crippen LogP contribution in [0.4, 0.5) is 0 Å². The Morgan fingerprint density at radius 1 is 0.824 bits per heavy atom. The molecule has 0 aromatic rings. The molecule has 0 spiro atoms. The number of unbranched alkanes of at least 4 members (excludes halogenated alkanes) is 4. The second-order valence-electron chi connectivity index (χ2n) is 4.22. The van der Waals surface area contributed by atoms with Crippen LogP contribution in [0.3, 0.4) is 0 Å². The number of alkyl halides is 2. The van der Waals surface area contributed by atoms with Gasteiger partial charge in [0.25, 0.3) is 0 Å². The lowest BCUT2D eigenvalue weighted by atomic mass is 10.2. The van der Waals surface area contributed by atoms with E-state index in [-0.39, 0.29) is 11.0 Å². The van der Waals surface area contributed by atoms with E-state index in [4.69, 9.17) is 23.2 Å². The van der Waals surface area contributed by atoms with E-state index in [0.29, 0.717) is 0 Å². The first-order valence-electron chi connectivity index (χ1n) is 6.63. The predicted molar refractivity (Wildman–Crippen MR) is 77.4 cm³/mol. The SMILES string of the molecule is CCCCCC(Cl)N=C=NC(Cl)CCCCC. The first-order valence-corrected chi connectivity index (χ1v) is 7.50. The van der Waals surface area contributed by atoms with Gasteiger partial charge in [0.1, 0.15) is 11.0 Å². The molecular weight excluding hydrogens is 255 g/mol. The number of hydrogen-bond acceptors (Lipinski definition) is 2. The molecule has 0 bridgehead atoms. The van der Waals surface area contributed by atoms with Gasteiger partial charge in [-0.05, 0) is 12.8 Å². The molecule has 17 heavy (non-hydrogen) atoms. The Labute approximate surface area is 116 Å². The summed E-state index contributed by atoms with van der Waals surface area (Å²) in [6.45, 7) is 4.34. The number of aliphatic imine (C=N–C) groups is 2. The molecule has 0 aromatic heterocycles. The maximum Gasteiger partial charge on any atom is 0.134 e. The molecule has 4 heteroatoms. The molecule has 0 heterocycles. The summed E-state index contributed by atoms with van der Waals surface area (Å²) in [6, 6.07) is 2.62. The quantitative estimate of drug-likeness (QED) is 0.220. The molecule has 0 rings (SSSR count). The van der Waals surface area contributed by atoms with Crippen LogP contribution in [-0.4, -0.2) is 17.0 Å². The molecule has 0 aliphatic carbocycles. The van der Waals surface area contributed by atoms with Gasteiger partial charge in [0.05, 0.1) is 6.01 Å². The van der Waals surface area contributed by atoms with Gasteiger partial charge in [-0.3, -0.25) is 0 Å². The van der Waals surface area contributed by atoms with Gasteiger partial charge in [0, 0.05) is 0 Å². The number of hydrogen-bond donors (Lipinski definition) is 0. The molecule has 0 fully saturated rings. The minimum absolute atomic E-state index is 0.204. The standard InChI is InChI=1S/C13H24Cl2N2/c1-3-5-7-9-12(14)16-11-17-13(15)10-8-6-4-2/h12-13H,3-10H2,1-2H3. The number of nitrogens with zero attached hydrogens (tertiary/aromatic N) is 2. The summed E-state index contributed by atoms with van der Waals surface area (Å²) in [5.41, 5.74) is -0.408. The summed E-state index contributed by atoms with van der Waals surface area (Å²) in [6.07, 6.45) is 8.79. The third-order valence-electron chi connectivity index (χ3n) is 2.49. The highest BCUT2D eigenvalue weighted by Crippen LogP contribution is 2.11. The van der Waals surface area contributed by atoms with Crippen molar-refractivity contribution in [3.63, 3.8) is 0 Å². The molecule has 0 saturated carbocycles. The van der Waals surface area contributed by atoms with Crippen LogP contribution in [0.1, 0.15) is 65.2 Å². The van der Waals surface area contributed by atoms with Crippen molar-refractivity contribution in [1.82, 2.24) is 0 Å². The van der Waals surface area contributed by atoms with Gasteiger partial charge in [0.2, 0.25) is 0 Å². The lowest BCUT2D eigenvalue weighted by Gasteiger charge is -2.01. The Balaban J connectivity index is 3.71. The zero-order valence-corrected chi connectivity index (χ0v) is 12.5. The van der Waals surface area contributed by atoms with E-state index in [0.717, 1.165) is 25.7 Å². The monoisotopic (exact) mass is 278 g/mol. The molecule has 0 aliphatic heterocycles. The lowest BCUT2D eigenvalue weighted by Crippen LogP contribution is -1.95. The van der Waals surface area contributed by atoms with Crippen LogP contribution in [0.2, 0.25) is 0 Å². The first-order chi connectivity index (χ1) is 8.20. The normalized spacial score (nSPS) is 13.9. The van der Waals surface area contributed by atoms with Crippen molar-refractivity contribution in [2.45, 2.75) is 76.2 Å². The third-order valence-corrected chi connectivity index (χ3v) is 3.12. The predicted octanol–water partition coefficient (Wildman–Crippen LogP) is 5.45. The van der Waals surface area contributed by atoms with E-state index >= 15 is 0 Å². The van der Waals surface area contributed by atoms with Gasteiger partial charge in [-0.15, -0.1) is 0 Å². The summed E-state index contributed by atoms with van der Waals surface area (Å²) in [5.74, 6) is 0. The largest absolute Gasteiger partial charge is 0.206 e. The van der Waals surface area contributed by atoms with Crippen LogP contribution >= 0.6 is 23.2 Å². The lowest BCUT2D eigenvalue weighted by molar-refractivity contribution is 0.647. The highest BCUT2D eigenvalue weighted by molar-refractivity contribution is 6.21. The van der Waals surface area contributed by atoms with Crippen LogP contribution in [-0.2, 0) is 0 Å². The molecule has 0 amide bonds. The summed E-state index contributed by atoms with van der Waals surface area (Å²) in [7, 11) is 0. The van der Waals surface area contributed by atoms with Gasteiger partial charge in [-0.1, -0.05) is 75.6 Å². The van der Waals surface area contributed by atoms with Crippen LogP contribution in [0.15, 0.2) is 9.98 Å². The molecule has 0 aromatic carbocycles. The molecule has 2 atom stereocenters. The maximum atomic E-state index is 5.99. The van der Waals surface area contributed by atoms with Gasteiger partial charge in [-0.2, -0.15) is 0 Å². The fourth-order valence-electron chi connectivity index (χ4n) is 1.41. The second kappa shape index (κ2) is 12.4. The second-order valence-corrected chi connectivity index (χ2v) is 5.23. The Kier molecular flexibility index (Phi) is 12.4. The van der Waals surface area contributed by atoms with Crippen molar-refractivity contribution in [1.29, 1.82) is 0 Å². The molecule has 0 saturated heterocycles. The van der Waals surface area contributed by atoms with Crippen LogP contribution in [0.25, 0.3) is 0 Å². The maximum absolute atomic E-state index is 5.99. The highest BCUT2D eigenvalue weighted by atomic mass is 35.5. The molecule has 0 radical (unpaired) electrons. The average Bonchev–Trinajstić information content (AvgIpc) is 2.30.